The van der Waals surface area contributed by atoms with E-state index in [4.69, 9.17) is 5.11 Å². The van der Waals surface area contributed by atoms with Crippen LogP contribution in [0.1, 0.15) is 16.1 Å². The Morgan fingerprint density at radius 2 is 2.12 bits per heavy atom. The van der Waals surface area contributed by atoms with Crippen molar-refractivity contribution < 1.29 is 27.8 Å². The molecule has 9 heteroatoms. The van der Waals surface area contributed by atoms with Gasteiger partial charge < -0.3 is 14.8 Å². The van der Waals surface area contributed by atoms with Gasteiger partial charge in [0.2, 0.25) is 0 Å². The van der Waals surface area contributed by atoms with Gasteiger partial charge in [-0.25, -0.2) is 4.79 Å². The topological polar surface area (TPSA) is 79.4 Å². The van der Waals surface area contributed by atoms with E-state index in [-0.39, 0.29) is 11.0 Å². The Labute approximate surface area is 100 Å². The van der Waals surface area contributed by atoms with Crippen molar-refractivity contribution in [3.05, 3.63) is 27.7 Å². The average Bonchev–Trinajstić information content (AvgIpc) is 2.13. The molecule has 0 spiro atoms. The minimum atomic E-state index is -5.07. The van der Waals surface area contributed by atoms with Crippen LogP contribution in [-0.4, -0.2) is 22.4 Å². The zero-order valence-electron chi connectivity index (χ0n) is 7.97. The van der Waals surface area contributed by atoms with E-state index < -0.39 is 29.2 Å². The number of halogens is 4. The number of aromatic carboxylic acids is 1. The molecule has 0 aliphatic rings. The van der Waals surface area contributed by atoms with Gasteiger partial charge in [-0.2, -0.15) is 0 Å². The zero-order chi connectivity index (χ0) is 13.2. The summed E-state index contributed by atoms with van der Waals surface area (Å²) in [5, 5.41) is 8.68. The van der Waals surface area contributed by atoms with Gasteiger partial charge in [0.05, 0.1) is 0 Å². The van der Waals surface area contributed by atoms with E-state index in [2.05, 4.69) is 25.7 Å². The number of aromatic nitrogens is 1. The van der Waals surface area contributed by atoms with E-state index in [0.29, 0.717) is 0 Å². The molecule has 0 amide bonds. The molecule has 0 bridgehead atoms. The summed E-state index contributed by atoms with van der Waals surface area (Å²) >= 11 is 2.91. The number of hydrogen-bond donors (Lipinski definition) is 2. The van der Waals surface area contributed by atoms with E-state index in [1.54, 1.807) is 0 Å². The fraction of sp³-hybridized carbons (Fsp3) is 0.250. The molecule has 0 saturated carbocycles. The van der Waals surface area contributed by atoms with E-state index in [0.717, 1.165) is 6.07 Å². The minimum Gasteiger partial charge on any atom is -0.477 e. The minimum absolute atomic E-state index is 0.0519. The van der Waals surface area contributed by atoms with Crippen LogP contribution in [0.15, 0.2) is 10.9 Å². The largest absolute Gasteiger partial charge is 0.573 e. The Balaban J connectivity index is 3.38. The van der Waals surface area contributed by atoms with E-state index in [9.17, 15) is 22.8 Å². The summed E-state index contributed by atoms with van der Waals surface area (Å²) in [5.41, 5.74) is -2.18. The smallest absolute Gasteiger partial charge is 0.477 e. The van der Waals surface area contributed by atoms with Crippen LogP contribution in [0.4, 0.5) is 13.2 Å². The Morgan fingerprint density at radius 1 is 1.53 bits per heavy atom. The predicted octanol–water partition coefficient (Wildman–Crippen LogP) is 1.87. The molecule has 1 aromatic rings. The van der Waals surface area contributed by atoms with Gasteiger partial charge in [0.15, 0.2) is 11.3 Å². The lowest BCUT2D eigenvalue weighted by Gasteiger charge is -2.11. The molecule has 0 aliphatic carbocycles. The lowest BCUT2D eigenvalue weighted by molar-refractivity contribution is -0.274. The monoisotopic (exact) mass is 315 g/mol. The molecular formula is C8H5BrF3NO4. The molecule has 0 unspecified atom stereocenters. The van der Waals surface area contributed by atoms with Crippen molar-refractivity contribution in [1.29, 1.82) is 0 Å². The van der Waals surface area contributed by atoms with Crippen molar-refractivity contribution in [2.75, 3.05) is 0 Å². The van der Waals surface area contributed by atoms with Crippen molar-refractivity contribution in [3.63, 3.8) is 0 Å². The third-order valence-electron chi connectivity index (χ3n) is 1.64. The molecule has 1 rings (SSSR count). The quantitative estimate of drug-likeness (QED) is 0.834. The molecule has 0 fully saturated rings. The van der Waals surface area contributed by atoms with Crippen molar-refractivity contribution in [3.8, 4) is 5.75 Å². The SMILES string of the molecule is O=C(O)c1c(OC(F)(F)F)cc(CBr)[nH]c1=O. The van der Waals surface area contributed by atoms with Gasteiger partial charge in [-0.1, -0.05) is 15.9 Å². The highest BCUT2D eigenvalue weighted by Gasteiger charge is 2.34. The van der Waals surface area contributed by atoms with Crippen molar-refractivity contribution >= 4 is 21.9 Å². The molecule has 5 nitrogen and oxygen atoms in total. The lowest BCUT2D eigenvalue weighted by Crippen LogP contribution is -2.25. The number of carbonyl (C=O) groups is 1. The highest BCUT2D eigenvalue weighted by atomic mass is 79.9. The highest BCUT2D eigenvalue weighted by Crippen LogP contribution is 2.25. The highest BCUT2D eigenvalue weighted by molar-refractivity contribution is 9.08. The fourth-order valence-corrected chi connectivity index (χ4v) is 1.37. The first-order chi connectivity index (χ1) is 7.74. The number of carboxylic acids is 1. The van der Waals surface area contributed by atoms with Crippen LogP contribution < -0.4 is 10.3 Å². The molecule has 0 aliphatic heterocycles. The summed E-state index contributed by atoms with van der Waals surface area (Å²) in [6.45, 7) is 0. The van der Waals surface area contributed by atoms with Crippen molar-refractivity contribution in [2.24, 2.45) is 0 Å². The van der Waals surface area contributed by atoms with Crippen molar-refractivity contribution in [2.45, 2.75) is 11.7 Å². The molecule has 2 N–H and O–H groups in total. The van der Waals surface area contributed by atoms with Crippen LogP contribution in [0, 0.1) is 0 Å². The van der Waals surface area contributed by atoms with Crippen LogP contribution >= 0.6 is 15.9 Å². The number of rotatable bonds is 3. The molecule has 0 atom stereocenters. The Morgan fingerprint density at radius 3 is 2.53 bits per heavy atom. The molecule has 1 heterocycles. The summed E-state index contributed by atoms with van der Waals surface area (Å²) in [6, 6.07) is 0.799. The first-order valence-electron chi connectivity index (χ1n) is 4.06. The van der Waals surface area contributed by atoms with E-state index in [1.807, 2.05) is 0 Å². The van der Waals surface area contributed by atoms with Gasteiger partial charge in [-0.05, 0) is 0 Å². The number of aromatic amines is 1. The molecule has 0 aromatic carbocycles. The van der Waals surface area contributed by atoms with E-state index >= 15 is 0 Å². The van der Waals surface area contributed by atoms with Crippen LogP contribution in [0.2, 0.25) is 0 Å². The number of ether oxygens (including phenoxy) is 1. The summed E-state index contributed by atoms with van der Waals surface area (Å²) in [4.78, 5) is 24.0. The maximum absolute atomic E-state index is 12.0. The predicted molar refractivity (Wildman–Crippen MR) is 53.3 cm³/mol. The molecule has 1 aromatic heterocycles. The number of alkyl halides is 4. The zero-order valence-corrected chi connectivity index (χ0v) is 9.55. The molecular weight excluding hydrogens is 311 g/mol. The van der Waals surface area contributed by atoms with Crippen LogP contribution in [-0.2, 0) is 5.33 Å². The Hall–Kier alpha value is -1.51. The van der Waals surface area contributed by atoms with Crippen LogP contribution in [0.5, 0.6) is 5.75 Å². The van der Waals surface area contributed by atoms with Gasteiger partial charge in [-0.15, -0.1) is 13.2 Å². The Bertz CT molecular complexity index is 497. The standard InChI is InChI=1S/C8H5BrF3NO4/c9-2-3-1-4(17-8(10,11)12)5(7(15)16)6(14)13-3/h1H,2H2,(H,13,14)(H,15,16). The molecule has 0 saturated heterocycles. The number of carboxylic acid groups (broad SMARTS) is 1. The Kier molecular flexibility index (Phi) is 3.81. The van der Waals surface area contributed by atoms with Crippen LogP contribution in [0.25, 0.3) is 0 Å². The summed E-state index contributed by atoms with van der Waals surface area (Å²) < 4.78 is 39.5. The van der Waals surface area contributed by atoms with E-state index in [1.165, 1.54) is 0 Å². The lowest BCUT2D eigenvalue weighted by atomic mass is 10.2. The van der Waals surface area contributed by atoms with Gasteiger partial charge in [-0.3, -0.25) is 4.79 Å². The molecule has 94 valence electrons. The molecule has 17 heavy (non-hydrogen) atoms. The van der Waals surface area contributed by atoms with Gasteiger partial charge in [0.1, 0.15) is 0 Å². The normalized spacial score (nSPS) is 11.3. The third-order valence-corrected chi connectivity index (χ3v) is 2.24. The second kappa shape index (κ2) is 4.78. The fourth-order valence-electron chi connectivity index (χ4n) is 1.07. The van der Waals surface area contributed by atoms with Crippen LogP contribution in [0.3, 0.4) is 0 Å². The summed E-state index contributed by atoms with van der Waals surface area (Å²) in [7, 11) is 0. The summed E-state index contributed by atoms with van der Waals surface area (Å²) in [6.07, 6.45) is -5.07. The number of H-pyrrole nitrogens is 1. The second-order valence-corrected chi connectivity index (χ2v) is 3.41. The number of pyridine rings is 1. The first-order valence-corrected chi connectivity index (χ1v) is 5.18. The second-order valence-electron chi connectivity index (χ2n) is 2.85. The maximum Gasteiger partial charge on any atom is 0.573 e. The summed E-state index contributed by atoms with van der Waals surface area (Å²) in [5.74, 6) is -2.84. The first kappa shape index (κ1) is 13.6. The molecule has 0 radical (unpaired) electrons. The van der Waals surface area contributed by atoms with Gasteiger partial charge in [0, 0.05) is 17.1 Å². The van der Waals surface area contributed by atoms with Gasteiger partial charge >= 0.3 is 12.3 Å². The average molecular weight is 316 g/mol. The van der Waals surface area contributed by atoms with Crippen molar-refractivity contribution in [1.82, 2.24) is 4.98 Å². The number of hydrogen-bond acceptors (Lipinski definition) is 3. The number of nitrogens with one attached hydrogen (secondary N) is 1. The third kappa shape index (κ3) is 3.48. The maximum atomic E-state index is 12.0. The van der Waals surface area contributed by atoms with Gasteiger partial charge in [0.25, 0.3) is 5.56 Å².